The molecule has 66 valence electrons. The zero-order chi connectivity index (χ0) is 9.14. The second-order valence-electron chi connectivity index (χ2n) is 2.07. The Morgan fingerprint density at radius 2 is 2.50 bits per heavy atom. The Morgan fingerprint density at radius 1 is 1.83 bits per heavy atom. The number of aromatic nitrogens is 1. The number of nitrogens with zero attached hydrogens (tertiary/aromatic N) is 1. The highest BCUT2D eigenvalue weighted by Crippen LogP contribution is 2.24. The Morgan fingerprint density at radius 3 is 3.00 bits per heavy atom. The first-order valence-electron chi connectivity index (χ1n) is 3.38. The van der Waals surface area contributed by atoms with Gasteiger partial charge in [0.2, 0.25) is 0 Å². The van der Waals surface area contributed by atoms with Gasteiger partial charge in [-0.25, -0.2) is 9.78 Å². The third kappa shape index (κ3) is 1.65. The van der Waals surface area contributed by atoms with Gasteiger partial charge in [0.25, 0.3) is 0 Å². The van der Waals surface area contributed by atoms with Crippen molar-refractivity contribution in [3.05, 3.63) is 4.88 Å². The van der Waals surface area contributed by atoms with Gasteiger partial charge in [-0.2, -0.15) is 0 Å². The minimum Gasteiger partial charge on any atom is -0.477 e. The smallest absolute Gasteiger partial charge is 0.349 e. The van der Waals surface area contributed by atoms with Crippen LogP contribution in [0.3, 0.4) is 0 Å². The molecule has 12 heavy (non-hydrogen) atoms. The number of nitrogen functional groups attached to an aromatic ring is 1. The van der Waals surface area contributed by atoms with Crippen molar-refractivity contribution in [2.24, 2.45) is 0 Å². The summed E-state index contributed by atoms with van der Waals surface area (Å²) in [4.78, 5) is 14.6. The van der Waals surface area contributed by atoms with E-state index in [1.807, 2.05) is 6.92 Å². The molecule has 0 aliphatic heterocycles. The van der Waals surface area contributed by atoms with Gasteiger partial charge in [-0.15, -0.1) is 0 Å². The fourth-order valence-electron chi connectivity index (χ4n) is 0.769. The molecule has 1 heterocycles. The highest BCUT2D eigenvalue weighted by Gasteiger charge is 2.14. The van der Waals surface area contributed by atoms with Gasteiger partial charge in [-0.3, -0.25) is 0 Å². The largest absolute Gasteiger partial charge is 0.477 e. The van der Waals surface area contributed by atoms with Gasteiger partial charge in [-0.1, -0.05) is 11.3 Å². The Labute approximate surface area is 73.2 Å². The Hall–Kier alpha value is -1.30. The Kier molecular flexibility index (Phi) is 2.49. The minimum atomic E-state index is -1.000. The van der Waals surface area contributed by atoms with Gasteiger partial charge in [-0.05, 0) is 6.92 Å². The third-order valence-electron chi connectivity index (χ3n) is 1.18. The predicted octanol–water partition coefficient (Wildman–Crippen LogP) is 0.855. The first-order valence-corrected chi connectivity index (χ1v) is 4.20. The van der Waals surface area contributed by atoms with Crippen LogP contribution in [0.4, 0.5) is 10.9 Å². The van der Waals surface area contributed by atoms with E-state index in [-0.39, 0.29) is 10.0 Å². The van der Waals surface area contributed by atoms with Crippen LogP contribution in [0.25, 0.3) is 0 Å². The number of anilines is 2. The molecule has 0 aliphatic rings. The van der Waals surface area contributed by atoms with Crippen LogP contribution >= 0.6 is 11.3 Å². The summed E-state index contributed by atoms with van der Waals surface area (Å²) in [6.07, 6.45) is 0. The average Bonchev–Trinajstić information content (AvgIpc) is 2.32. The van der Waals surface area contributed by atoms with E-state index in [2.05, 4.69) is 10.3 Å². The molecule has 0 bridgehead atoms. The fraction of sp³-hybridized carbons (Fsp3) is 0.333. The molecule has 4 N–H and O–H groups in total. The van der Waals surface area contributed by atoms with Crippen molar-refractivity contribution in [1.29, 1.82) is 0 Å². The number of thiazole rings is 1. The maximum atomic E-state index is 10.6. The van der Waals surface area contributed by atoms with Crippen LogP contribution in [-0.4, -0.2) is 22.6 Å². The van der Waals surface area contributed by atoms with E-state index < -0.39 is 5.97 Å². The lowest BCUT2D eigenvalue weighted by Gasteiger charge is -1.97. The molecular formula is C6H9N3O2S. The van der Waals surface area contributed by atoms with Crippen molar-refractivity contribution in [3.63, 3.8) is 0 Å². The summed E-state index contributed by atoms with van der Waals surface area (Å²) in [5.41, 5.74) is 5.35. The van der Waals surface area contributed by atoms with E-state index in [0.29, 0.717) is 12.4 Å². The second kappa shape index (κ2) is 3.40. The second-order valence-corrected chi connectivity index (χ2v) is 3.10. The van der Waals surface area contributed by atoms with Gasteiger partial charge in [0.1, 0.15) is 0 Å². The van der Waals surface area contributed by atoms with Crippen LogP contribution in [-0.2, 0) is 0 Å². The van der Waals surface area contributed by atoms with E-state index in [0.717, 1.165) is 11.3 Å². The topological polar surface area (TPSA) is 88.2 Å². The predicted molar refractivity (Wildman–Crippen MR) is 47.6 cm³/mol. The zero-order valence-corrected chi connectivity index (χ0v) is 7.31. The summed E-state index contributed by atoms with van der Waals surface area (Å²) < 4.78 is 0. The van der Waals surface area contributed by atoms with Crippen molar-refractivity contribution >= 4 is 28.3 Å². The molecule has 5 nitrogen and oxygen atoms in total. The number of hydrogen-bond donors (Lipinski definition) is 3. The lowest BCUT2D eigenvalue weighted by atomic mass is 10.5. The number of carboxylic acid groups (broad SMARTS) is 1. The highest BCUT2D eigenvalue weighted by molar-refractivity contribution is 7.17. The summed E-state index contributed by atoms with van der Waals surface area (Å²) in [5.74, 6) is -0.646. The minimum absolute atomic E-state index is 0.161. The molecule has 6 heteroatoms. The number of carbonyl (C=O) groups is 1. The number of aromatic carboxylic acids is 1. The number of nitrogens with one attached hydrogen (secondary N) is 1. The van der Waals surface area contributed by atoms with Crippen molar-refractivity contribution in [1.82, 2.24) is 4.98 Å². The van der Waals surface area contributed by atoms with Crippen LogP contribution < -0.4 is 11.1 Å². The summed E-state index contributed by atoms with van der Waals surface area (Å²) in [5, 5.41) is 11.8. The zero-order valence-electron chi connectivity index (χ0n) is 6.50. The molecule has 0 amide bonds. The van der Waals surface area contributed by atoms with E-state index in [1.165, 1.54) is 0 Å². The number of nitrogens with two attached hydrogens (primary N) is 1. The SMILES string of the molecule is CCNc1nc(N)sc1C(=O)O. The van der Waals surface area contributed by atoms with Crippen LogP contribution in [0.15, 0.2) is 0 Å². The van der Waals surface area contributed by atoms with Crippen molar-refractivity contribution < 1.29 is 9.90 Å². The number of hydrogen-bond acceptors (Lipinski definition) is 5. The highest BCUT2D eigenvalue weighted by atomic mass is 32.1. The first kappa shape index (κ1) is 8.79. The maximum absolute atomic E-state index is 10.6. The molecule has 0 atom stereocenters. The molecule has 0 unspecified atom stereocenters. The molecule has 0 aliphatic carbocycles. The van der Waals surface area contributed by atoms with Gasteiger partial charge < -0.3 is 16.2 Å². The van der Waals surface area contributed by atoms with Crippen molar-refractivity contribution in [2.45, 2.75) is 6.92 Å². The van der Waals surface area contributed by atoms with Crippen molar-refractivity contribution in [2.75, 3.05) is 17.6 Å². The molecule has 0 radical (unpaired) electrons. The van der Waals surface area contributed by atoms with Crippen LogP contribution in [0.2, 0.25) is 0 Å². The number of rotatable bonds is 3. The first-order chi connectivity index (χ1) is 5.65. The van der Waals surface area contributed by atoms with Gasteiger partial charge in [0.15, 0.2) is 15.8 Å². The Balaban J connectivity index is 2.99. The average molecular weight is 187 g/mol. The summed E-state index contributed by atoms with van der Waals surface area (Å²) in [6, 6.07) is 0. The van der Waals surface area contributed by atoms with Crippen LogP contribution in [0, 0.1) is 0 Å². The monoisotopic (exact) mass is 187 g/mol. The standard InChI is InChI=1S/C6H9N3O2S/c1-2-8-4-3(5(10)11)12-6(7)9-4/h8H,2H2,1H3,(H2,7,9)(H,10,11). The van der Waals surface area contributed by atoms with Crippen LogP contribution in [0.5, 0.6) is 0 Å². The lowest BCUT2D eigenvalue weighted by Crippen LogP contribution is -2.03. The van der Waals surface area contributed by atoms with Gasteiger partial charge in [0.05, 0.1) is 0 Å². The molecule has 0 fully saturated rings. The lowest BCUT2D eigenvalue weighted by molar-refractivity contribution is 0.0703. The molecular weight excluding hydrogens is 178 g/mol. The van der Waals surface area contributed by atoms with E-state index in [1.54, 1.807) is 0 Å². The molecule has 1 rings (SSSR count). The van der Waals surface area contributed by atoms with Gasteiger partial charge >= 0.3 is 5.97 Å². The van der Waals surface area contributed by atoms with E-state index in [9.17, 15) is 4.79 Å². The molecule has 0 aromatic carbocycles. The quantitative estimate of drug-likeness (QED) is 0.653. The van der Waals surface area contributed by atoms with E-state index in [4.69, 9.17) is 10.8 Å². The summed E-state index contributed by atoms with van der Waals surface area (Å²) in [7, 11) is 0. The number of carboxylic acids is 1. The maximum Gasteiger partial charge on any atom is 0.349 e. The molecule has 1 aromatic rings. The summed E-state index contributed by atoms with van der Waals surface area (Å²) >= 11 is 0.967. The normalized spacial score (nSPS) is 9.75. The van der Waals surface area contributed by atoms with Crippen molar-refractivity contribution in [3.8, 4) is 0 Å². The summed E-state index contributed by atoms with van der Waals surface area (Å²) in [6.45, 7) is 2.49. The van der Waals surface area contributed by atoms with Gasteiger partial charge in [0, 0.05) is 6.54 Å². The molecule has 0 saturated carbocycles. The molecule has 1 aromatic heterocycles. The fourth-order valence-corrected chi connectivity index (χ4v) is 1.42. The Bertz CT molecular complexity index is 297. The molecule has 0 spiro atoms. The third-order valence-corrected chi connectivity index (χ3v) is 2.05. The van der Waals surface area contributed by atoms with Crippen LogP contribution in [0.1, 0.15) is 16.6 Å². The van der Waals surface area contributed by atoms with E-state index >= 15 is 0 Å². The molecule has 0 saturated heterocycles.